The molecule has 1 aromatic carbocycles. The third kappa shape index (κ3) is 7.19. The van der Waals surface area contributed by atoms with Gasteiger partial charge in [-0.1, -0.05) is 30.3 Å². The first-order valence-electron chi connectivity index (χ1n) is 9.21. The van der Waals surface area contributed by atoms with Crippen molar-refractivity contribution in [1.82, 2.24) is 10.6 Å². The van der Waals surface area contributed by atoms with Gasteiger partial charge in [-0.2, -0.15) is 0 Å². The molecule has 1 saturated carbocycles. The number of amides is 2. The highest BCUT2D eigenvalue weighted by molar-refractivity contribution is 8.07. The van der Waals surface area contributed by atoms with Gasteiger partial charge in [0.1, 0.15) is 25.4 Å². The zero-order valence-electron chi connectivity index (χ0n) is 17.0. The number of carbonyl (C=O) groups excluding carboxylic acids is 2. The smallest absolute Gasteiger partial charge is 0.434 e. The minimum Gasteiger partial charge on any atom is -0.434 e. The van der Waals surface area contributed by atoms with Crippen molar-refractivity contribution in [2.45, 2.75) is 31.3 Å². The largest absolute Gasteiger partial charge is 0.508 e. The maximum Gasteiger partial charge on any atom is 0.508 e. The lowest BCUT2D eigenvalue weighted by Gasteiger charge is -2.28. The Morgan fingerprint density at radius 3 is 2.50 bits per heavy atom. The molecule has 5 atom stereocenters. The number of nitrogens with one attached hydrogen (secondary N) is 2. The second kappa shape index (κ2) is 11.6. The van der Waals surface area contributed by atoms with E-state index in [0.29, 0.717) is 6.42 Å². The number of hydrogen-bond donors (Lipinski definition) is 3. The number of ether oxygens (including phenoxy) is 3. The Bertz CT molecular complexity index is 753. The summed E-state index contributed by atoms with van der Waals surface area (Å²) >= 11 is 4.95. The number of hydrogen-bond acceptors (Lipinski definition) is 8. The van der Waals surface area contributed by atoms with Crippen molar-refractivity contribution < 1.29 is 37.7 Å². The lowest BCUT2D eigenvalue weighted by molar-refractivity contribution is -0.0254. The van der Waals surface area contributed by atoms with E-state index in [4.69, 9.17) is 35.1 Å². The van der Waals surface area contributed by atoms with Gasteiger partial charge in [0.2, 0.25) is 0 Å². The van der Waals surface area contributed by atoms with E-state index < -0.39 is 43.1 Å². The van der Waals surface area contributed by atoms with Gasteiger partial charge in [0.05, 0.1) is 6.04 Å². The van der Waals surface area contributed by atoms with Crippen LogP contribution in [0.4, 0.5) is 9.59 Å². The van der Waals surface area contributed by atoms with E-state index in [2.05, 4.69) is 10.6 Å². The molecule has 30 heavy (non-hydrogen) atoms. The molecule has 2 amide bonds. The van der Waals surface area contributed by atoms with Crippen LogP contribution in [0.25, 0.3) is 0 Å². The van der Waals surface area contributed by atoms with Crippen molar-refractivity contribution >= 4 is 30.7 Å². The lowest BCUT2D eigenvalue weighted by Crippen LogP contribution is -2.47. The first kappa shape index (κ1) is 24.5. The zero-order valence-corrected chi connectivity index (χ0v) is 18.7. The minimum absolute atomic E-state index is 0.0763. The molecule has 1 aliphatic carbocycles. The molecule has 10 nitrogen and oxygen atoms in total. The fraction of sp³-hybridized carbons (Fsp3) is 0.556. The maximum atomic E-state index is 12.0. The molecular weight excluding hydrogens is 435 g/mol. The summed E-state index contributed by atoms with van der Waals surface area (Å²) in [5.41, 5.74) is 0.826. The third-order valence-electron chi connectivity index (χ3n) is 4.66. The third-order valence-corrected chi connectivity index (χ3v) is 6.33. The fourth-order valence-electron chi connectivity index (χ4n) is 3.21. The van der Waals surface area contributed by atoms with E-state index in [1.165, 1.54) is 21.3 Å². The SMILES string of the molecule is CNC(=O)N[C@@H]1C[C@H](COC(=O)OCc2ccccc2)C(OP(O)(=S)OC)[C@@H]1OC. The molecular formula is C18H27N2O8PS. The molecule has 1 fully saturated rings. The number of urea groups is 1. The second-order valence-electron chi connectivity index (χ2n) is 6.58. The van der Waals surface area contributed by atoms with Gasteiger partial charge < -0.3 is 38.8 Å². The number of methoxy groups -OCH3 is 1. The highest BCUT2D eigenvalue weighted by atomic mass is 32.5. The Kier molecular flexibility index (Phi) is 9.47. The number of rotatable bonds is 9. The van der Waals surface area contributed by atoms with Crippen LogP contribution in [-0.2, 0) is 41.7 Å². The van der Waals surface area contributed by atoms with Crippen LogP contribution in [0.15, 0.2) is 30.3 Å². The molecule has 0 spiro atoms. The average molecular weight is 462 g/mol. The summed E-state index contributed by atoms with van der Waals surface area (Å²) in [6.45, 7) is -3.53. The highest BCUT2D eigenvalue weighted by Gasteiger charge is 2.47. The molecule has 168 valence electrons. The second-order valence-corrected chi connectivity index (χ2v) is 9.48. The van der Waals surface area contributed by atoms with Crippen LogP contribution in [0.1, 0.15) is 12.0 Å². The Balaban J connectivity index is 2.01. The fourth-order valence-corrected chi connectivity index (χ4v) is 4.19. The topological polar surface area (TPSA) is 125 Å². The van der Waals surface area contributed by atoms with E-state index in [1.54, 1.807) is 0 Å². The predicted octanol–water partition coefficient (Wildman–Crippen LogP) is 1.92. The van der Waals surface area contributed by atoms with Crippen molar-refractivity contribution in [2.75, 3.05) is 27.9 Å². The quantitative estimate of drug-likeness (QED) is 0.373. The van der Waals surface area contributed by atoms with Crippen LogP contribution in [0.3, 0.4) is 0 Å². The van der Waals surface area contributed by atoms with Crippen molar-refractivity contribution in [2.24, 2.45) is 5.92 Å². The summed E-state index contributed by atoms with van der Waals surface area (Å²) in [5.74, 6) is -0.425. The van der Waals surface area contributed by atoms with Gasteiger partial charge in [-0.25, -0.2) is 9.59 Å². The average Bonchev–Trinajstić information content (AvgIpc) is 3.06. The molecule has 1 aliphatic rings. The summed E-state index contributed by atoms with van der Waals surface area (Å²) < 4.78 is 26.3. The van der Waals surface area contributed by atoms with Crippen LogP contribution in [0, 0.1) is 5.92 Å². The van der Waals surface area contributed by atoms with Crippen molar-refractivity contribution in [3.63, 3.8) is 0 Å². The molecule has 0 bridgehead atoms. The van der Waals surface area contributed by atoms with Gasteiger partial charge in [-0.3, -0.25) is 0 Å². The normalized spacial score (nSPS) is 25.2. The summed E-state index contributed by atoms with van der Waals surface area (Å²) in [6.07, 6.45) is -1.89. The minimum atomic E-state index is -3.53. The molecule has 0 radical (unpaired) electrons. The van der Waals surface area contributed by atoms with Crippen molar-refractivity contribution in [3.8, 4) is 0 Å². The lowest BCUT2D eigenvalue weighted by atomic mass is 10.1. The van der Waals surface area contributed by atoms with E-state index in [0.717, 1.165) is 5.56 Å². The molecule has 0 saturated heterocycles. The van der Waals surface area contributed by atoms with Crippen LogP contribution in [0.2, 0.25) is 0 Å². The van der Waals surface area contributed by atoms with Gasteiger partial charge in [-0.05, 0) is 23.8 Å². The van der Waals surface area contributed by atoms with Gasteiger partial charge in [-0.15, -0.1) is 0 Å². The summed E-state index contributed by atoms with van der Waals surface area (Å²) in [5, 5.41) is 5.23. The number of carbonyl (C=O) groups is 2. The van der Waals surface area contributed by atoms with Crippen LogP contribution < -0.4 is 10.6 Å². The molecule has 0 aliphatic heterocycles. The Labute approximate surface area is 180 Å². The van der Waals surface area contributed by atoms with Gasteiger partial charge >= 0.3 is 18.9 Å². The molecule has 12 heteroatoms. The summed E-state index contributed by atoms with van der Waals surface area (Å²) in [4.78, 5) is 33.9. The van der Waals surface area contributed by atoms with Crippen molar-refractivity contribution in [1.29, 1.82) is 0 Å². The highest BCUT2D eigenvalue weighted by Crippen LogP contribution is 2.48. The van der Waals surface area contributed by atoms with Gasteiger partial charge in [0.25, 0.3) is 0 Å². The first-order valence-corrected chi connectivity index (χ1v) is 11.8. The number of benzene rings is 1. The van der Waals surface area contributed by atoms with E-state index >= 15 is 0 Å². The molecule has 2 unspecified atom stereocenters. The van der Waals surface area contributed by atoms with Crippen LogP contribution in [0.5, 0.6) is 0 Å². The van der Waals surface area contributed by atoms with Crippen molar-refractivity contribution in [3.05, 3.63) is 35.9 Å². The molecule has 3 N–H and O–H groups in total. The molecule has 1 aromatic rings. The summed E-state index contributed by atoms with van der Waals surface area (Å²) in [7, 11) is 4.18. The zero-order chi connectivity index (χ0) is 22.1. The Morgan fingerprint density at radius 1 is 1.20 bits per heavy atom. The van der Waals surface area contributed by atoms with Crippen LogP contribution >= 0.6 is 6.72 Å². The standard InChI is InChI=1S/C18H27N2O8PS/c1-19-17(21)20-14-9-13(15(16(14)24-2)28-29(23,30)25-3)11-27-18(22)26-10-12-7-5-4-6-8-12/h4-8,13-16H,9-11H2,1-3H3,(H,23,30)(H2,19,20,21)/t13-,14-,15?,16-,29?/m1/s1. The summed E-state index contributed by atoms with van der Waals surface area (Å²) in [6, 6.07) is 8.32. The monoisotopic (exact) mass is 462 g/mol. The Morgan fingerprint density at radius 2 is 1.90 bits per heavy atom. The molecule has 0 aromatic heterocycles. The Hall–Kier alpha value is -1.75. The maximum absolute atomic E-state index is 12.0. The first-order chi connectivity index (χ1) is 14.3. The van der Waals surface area contributed by atoms with E-state index in [-0.39, 0.29) is 13.2 Å². The van der Waals surface area contributed by atoms with Gasteiger partial charge in [0, 0.05) is 27.2 Å². The molecule has 2 rings (SSSR count). The van der Waals surface area contributed by atoms with Crippen LogP contribution in [-0.4, -0.2) is 63.2 Å². The molecule has 0 heterocycles. The predicted molar refractivity (Wildman–Crippen MR) is 111 cm³/mol. The van der Waals surface area contributed by atoms with Gasteiger partial charge in [0.15, 0.2) is 0 Å². The van der Waals surface area contributed by atoms with E-state index in [1.807, 2.05) is 30.3 Å². The van der Waals surface area contributed by atoms with E-state index in [9.17, 15) is 14.5 Å².